The summed E-state index contributed by atoms with van der Waals surface area (Å²) in [5.74, 6) is -0.0637. The van der Waals surface area contributed by atoms with Crippen LogP contribution >= 0.6 is 0 Å². The van der Waals surface area contributed by atoms with Crippen molar-refractivity contribution in [1.29, 1.82) is 0 Å². The predicted octanol–water partition coefficient (Wildman–Crippen LogP) is 4.08. The predicted molar refractivity (Wildman–Crippen MR) is 71.4 cm³/mol. The highest BCUT2D eigenvalue weighted by molar-refractivity contribution is 5.47. The lowest BCUT2D eigenvalue weighted by atomic mass is 10.2. The van der Waals surface area contributed by atoms with Gasteiger partial charge in [0.1, 0.15) is 0 Å². The first kappa shape index (κ1) is 13.8. The largest absolute Gasteiger partial charge is 0.471 e. The summed E-state index contributed by atoms with van der Waals surface area (Å²) in [4.78, 5) is 0. The third-order valence-corrected chi connectivity index (χ3v) is 2.18. The summed E-state index contributed by atoms with van der Waals surface area (Å²) in [6.07, 6.45) is 3.62. The standard InChI is InChI=1S/C15H22O2/c1-13(2)12-17-15(3,4)16-11-10-14-8-6-5-7-9-14/h5-11,13H,12H2,1-4H3. The van der Waals surface area contributed by atoms with Crippen molar-refractivity contribution in [2.75, 3.05) is 6.61 Å². The van der Waals surface area contributed by atoms with Gasteiger partial charge in [0.25, 0.3) is 0 Å². The molecule has 0 radical (unpaired) electrons. The first-order valence-corrected chi connectivity index (χ1v) is 6.03. The smallest absolute Gasteiger partial charge is 0.203 e. The Hall–Kier alpha value is -1.28. The summed E-state index contributed by atoms with van der Waals surface area (Å²) in [5, 5.41) is 0. The molecular formula is C15H22O2. The van der Waals surface area contributed by atoms with E-state index < -0.39 is 5.79 Å². The third kappa shape index (κ3) is 6.12. The molecule has 1 rings (SSSR count). The van der Waals surface area contributed by atoms with Gasteiger partial charge in [-0.2, -0.15) is 0 Å². The summed E-state index contributed by atoms with van der Waals surface area (Å²) in [7, 11) is 0. The van der Waals surface area contributed by atoms with Gasteiger partial charge in [-0.15, -0.1) is 0 Å². The van der Waals surface area contributed by atoms with Crippen LogP contribution in [0.5, 0.6) is 0 Å². The fourth-order valence-corrected chi connectivity index (χ4v) is 1.24. The van der Waals surface area contributed by atoms with Crippen LogP contribution in [0.15, 0.2) is 36.6 Å². The SMILES string of the molecule is CC(C)COC(C)(C)OC=Cc1ccccc1. The Morgan fingerprint density at radius 2 is 1.82 bits per heavy atom. The summed E-state index contributed by atoms with van der Waals surface area (Å²) in [6, 6.07) is 10.1. The summed E-state index contributed by atoms with van der Waals surface area (Å²) < 4.78 is 11.2. The van der Waals surface area contributed by atoms with Gasteiger partial charge in [-0.1, -0.05) is 44.2 Å². The number of rotatable bonds is 6. The number of benzene rings is 1. The number of ether oxygens (including phenoxy) is 2. The molecule has 1 aromatic carbocycles. The Balaban J connectivity index is 2.41. The molecule has 0 saturated carbocycles. The third-order valence-electron chi connectivity index (χ3n) is 2.18. The van der Waals surface area contributed by atoms with E-state index in [0.717, 1.165) is 5.56 Å². The second kappa shape index (κ2) is 6.45. The lowest BCUT2D eigenvalue weighted by molar-refractivity contribution is -0.186. The lowest BCUT2D eigenvalue weighted by Gasteiger charge is -2.25. The van der Waals surface area contributed by atoms with Gasteiger partial charge < -0.3 is 9.47 Å². The average molecular weight is 234 g/mol. The van der Waals surface area contributed by atoms with Gasteiger partial charge in [-0.25, -0.2) is 0 Å². The lowest BCUT2D eigenvalue weighted by Crippen LogP contribution is -2.28. The normalized spacial score (nSPS) is 12.3. The monoisotopic (exact) mass is 234 g/mol. The van der Waals surface area contributed by atoms with Crippen LogP contribution < -0.4 is 0 Å². The number of hydrogen-bond donors (Lipinski definition) is 0. The van der Waals surface area contributed by atoms with Crippen molar-refractivity contribution in [3.8, 4) is 0 Å². The van der Waals surface area contributed by atoms with Crippen LogP contribution in [0.4, 0.5) is 0 Å². The van der Waals surface area contributed by atoms with Crippen LogP contribution in [-0.4, -0.2) is 12.4 Å². The second-order valence-corrected chi connectivity index (χ2v) is 4.94. The molecule has 0 aliphatic rings. The van der Waals surface area contributed by atoms with Gasteiger partial charge in [-0.05, 0) is 17.6 Å². The van der Waals surface area contributed by atoms with E-state index in [2.05, 4.69) is 13.8 Å². The van der Waals surface area contributed by atoms with Gasteiger partial charge in [0.15, 0.2) is 0 Å². The summed E-state index contributed by atoms with van der Waals surface area (Å²) in [6.45, 7) is 8.79. The Labute approximate surface area is 104 Å². The molecule has 0 bridgehead atoms. The van der Waals surface area contributed by atoms with Crippen molar-refractivity contribution in [2.45, 2.75) is 33.5 Å². The van der Waals surface area contributed by atoms with Gasteiger partial charge in [0.05, 0.1) is 12.9 Å². The maximum atomic E-state index is 5.66. The van der Waals surface area contributed by atoms with Crippen molar-refractivity contribution < 1.29 is 9.47 Å². The molecule has 0 aliphatic heterocycles. The topological polar surface area (TPSA) is 18.5 Å². The Bertz CT molecular complexity index is 339. The maximum absolute atomic E-state index is 5.66. The van der Waals surface area contributed by atoms with Crippen LogP contribution in [0, 0.1) is 5.92 Å². The molecule has 0 aromatic heterocycles. The van der Waals surface area contributed by atoms with E-state index in [0.29, 0.717) is 12.5 Å². The Kier molecular flexibility index (Phi) is 5.23. The highest BCUT2D eigenvalue weighted by Crippen LogP contribution is 2.14. The highest BCUT2D eigenvalue weighted by Gasteiger charge is 2.18. The van der Waals surface area contributed by atoms with E-state index in [-0.39, 0.29) is 0 Å². The molecular weight excluding hydrogens is 212 g/mol. The van der Waals surface area contributed by atoms with E-state index in [1.807, 2.05) is 50.3 Å². The highest BCUT2D eigenvalue weighted by atomic mass is 16.7. The van der Waals surface area contributed by atoms with Gasteiger partial charge in [0, 0.05) is 13.8 Å². The van der Waals surface area contributed by atoms with Crippen LogP contribution in [0.2, 0.25) is 0 Å². The van der Waals surface area contributed by atoms with E-state index in [1.165, 1.54) is 0 Å². The molecule has 0 heterocycles. The quantitative estimate of drug-likeness (QED) is 0.545. The molecule has 94 valence electrons. The van der Waals surface area contributed by atoms with Gasteiger partial charge in [0.2, 0.25) is 5.79 Å². The average Bonchev–Trinajstić information content (AvgIpc) is 2.28. The van der Waals surface area contributed by atoms with Crippen LogP contribution in [-0.2, 0) is 9.47 Å². The van der Waals surface area contributed by atoms with E-state index in [1.54, 1.807) is 6.26 Å². The molecule has 0 saturated heterocycles. The van der Waals surface area contributed by atoms with E-state index in [9.17, 15) is 0 Å². The first-order valence-electron chi connectivity index (χ1n) is 6.03. The summed E-state index contributed by atoms with van der Waals surface area (Å²) >= 11 is 0. The van der Waals surface area contributed by atoms with Crippen LogP contribution in [0.1, 0.15) is 33.3 Å². The Morgan fingerprint density at radius 3 is 2.41 bits per heavy atom. The molecule has 0 fully saturated rings. The molecule has 0 unspecified atom stereocenters. The van der Waals surface area contributed by atoms with Crippen molar-refractivity contribution >= 4 is 6.08 Å². The summed E-state index contributed by atoms with van der Waals surface area (Å²) in [5.41, 5.74) is 1.12. The van der Waals surface area contributed by atoms with Crippen molar-refractivity contribution in [3.05, 3.63) is 42.2 Å². The first-order chi connectivity index (χ1) is 7.99. The minimum absolute atomic E-state index is 0.510. The minimum Gasteiger partial charge on any atom is -0.471 e. The second-order valence-electron chi connectivity index (χ2n) is 4.94. The fourth-order valence-electron chi connectivity index (χ4n) is 1.24. The van der Waals surface area contributed by atoms with Gasteiger partial charge in [-0.3, -0.25) is 0 Å². The molecule has 0 aliphatic carbocycles. The van der Waals surface area contributed by atoms with Crippen molar-refractivity contribution in [2.24, 2.45) is 5.92 Å². The molecule has 0 spiro atoms. The minimum atomic E-state index is -0.574. The zero-order valence-electron chi connectivity index (χ0n) is 11.1. The molecule has 17 heavy (non-hydrogen) atoms. The Morgan fingerprint density at radius 1 is 1.18 bits per heavy atom. The molecule has 0 N–H and O–H groups in total. The molecule has 0 amide bonds. The van der Waals surface area contributed by atoms with Crippen molar-refractivity contribution in [3.63, 3.8) is 0 Å². The molecule has 2 nitrogen and oxygen atoms in total. The zero-order chi connectivity index (χ0) is 12.7. The number of hydrogen-bond acceptors (Lipinski definition) is 2. The van der Waals surface area contributed by atoms with E-state index in [4.69, 9.17) is 9.47 Å². The van der Waals surface area contributed by atoms with E-state index >= 15 is 0 Å². The van der Waals surface area contributed by atoms with Gasteiger partial charge >= 0.3 is 0 Å². The maximum Gasteiger partial charge on any atom is 0.203 e. The fraction of sp³-hybridized carbons (Fsp3) is 0.467. The molecule has 0 atom stereocenters. The van der Waals surface area contributed by atoms with Crippen molar-refractivity contribution in [1.82, 2.24) is 0 Å². The molecule has 1 aromatic rings. The zero-order valence-corrected chi connectivity index (χ0v) is 11.1. The van der Waals surface area contributed by atoms with Crippen LogP contribution in [0.3, 0.4) is 0 Å². The molecule has 2 heteroatoms. The van der Waals surface area contributed by atoms with Crippen LogP contribution in [0.25, 0.3) is 6.08 Å².